The van der Waals surface area contributed by atoms with E-state index in [1.807, 2.05) is 19.9 Å². The molecule has 2 unspecified atom stereocenters. The molecule has 134 valence electrons. The van der Waals surface area contributed by atoms with Gasteiger partial charge in [-0.3, -0.25) is 9.35 Å². The normalized spacial score (nSPS) is 21.5. The monoisotopic (exact) mass is 365 g/mol. The molecule has 9 heteroatoms. The summed E-state index contributed by atoms with van der Waals surface area (Å²) in [7, 11) is -4.26. The Kier molecular flexibility index (Phi) is 5.79. The van der Waals surface area contributed by atoms with E-state index in [9.17, 15) is 18.5 Å². The van der Waals surface area contributed by atoms with Crippen molar-refractivity contribution in [1.82, 2.24) is 4.90 Å². The Bertz CT molecular complexity index is 801. The molecule has 0 radical (unpaired) electrons. The van der Waals surface area contributed by atoms with E-state index in [-0.39, 0.29) is 22.7 Å². The molecule has 2 N–H and O–H groups in total. The molecule has 1 heterocycles. The third-order valence-electron chi connectivity index (χ3n) is 3.59. The van der Waals surface area contributed by atoms with Crippen molar-refractivity contribution in [3.05, 3.63) is 36.0 Å². The van der Waals surface area contributed by atoms with Crippen molar-refractivity contribution >= 4 is 21.7 Å². The van der Waals surface area contributed by atoms with E-state index in [4.69, 9.17) is 9.29 Å². The molecule has 1 aromatic carbocycles. The van der Waals surface area contributed by atoms with Gasteiger partial charge in [0.2, 0.25) is 0 Å². The number of carbonyl (C=O) groups is 1. The number of amides is 1. The number of nitrogens with one attached hydrogen (secondary N) is 1. The van der Waals surface area contributed by atoms with Crippen LogP contribution in [0.2, 0.25) is 0 Å². The Morgan fingerprint density at radius 3 is 2.36 bits per heavy atom. The third kappa shape index (κ3) is 5.03. The topological polar surface area (TPSA) is 120 Å². The lowest BCUT2D eigenvalue weighted by Gasteiger charge is -2.35. The first-order valence-electron chi connectivity index (χ1n) is 7.60. The van der Waals surface area contributed by atoms with Crippen molar-refractivity contribution in [3.63, 3.8) is 0 Å². The van der Waals surface area contributed by atoms with Gasteiger partial charge in [-0.2, -0.15) is 13.7 Å². The van der Waals surface area contributed by atoms with Crippen LogP contribution in [0.1, 0.15) is 13.8 Å². The van der Waals surface area contributed by atoms with E-state index in [1.165, 1.54) is 30.5 Å². The van der Waals surface area contributed by atoms with E-state index >= 15 is 0 Å². The molecule has 1 saturated heterocycles. The van der Waals surface area contributed by atoms with Crippen LogP contribution in [0.15, 0.2) is 40.9 Å². The van der Waals surface area contributed by atoms with Crippen LogP contribution < -0.4 is 5.32 Å². The Morgan fingerprint density at radius 1 is 1.32 bits per heavy atom. The van der Waals surface area contributed by atoms with Crippen molar-refractivity contribution in [2.24, 2.45) is 0 Å². The first kappa shape index (κ1) is 18.9. The number of morpholine rings is 1. The third-order valence-corrected chi connectivity index (χ3v) is 4.46. The number of ether oxygens (including phenoxy) is 1. The summed E-state index contributed by atoms with van der Waals surface area (Å²) in [6, 6.07) is 7.12. The quantitative estimate of drug-likeness (QED) is 0.470. The minimum Gasteiger partial charge on any atom is -0.372 e. The molecular formula is C16H19N3O5S. The Hall–Kier alpha value is -2.41. The lowest BCUT2D eigenvalue weighted by Crippen LogP contribution is -2.48. The summed E-state index contributed by atoms with van der Waals surface area (Å²) in [5.74, 6) is -0.397. The standard InChI is InChI=1S/C16H19N3O5S/c1-11-9-19(10-12(2)24-11)16(20)13(7-17)8-18-14-3-5-15(6-4-14)25(21,22)23/h3-6,8,11-12,18H,9-10H2,1-2H3,(H,21,22,23)/b13-8-. The van der Waals surface area contributed by atoms with Crippen LogP contribution in [0.4, 0.5) is 5.69 Å². The summed E-state index contributed by atoms with van der Waals surface area (Å²) in [5.41, 5.74) is 0.400. The molecule has 1 aromatic rings. The molecule has 1 amide bonds. The highest BCUT2D eigenvalue weighted by atomic mass is 32.2. The second-order valence-electron chi connectivity index (χ2n) is 5.78. The zero-order valence-corrected chi connectivity index (χ0v) is 14.7. The van der Waals surface area contributed by atoms with Gasteiger partial charge in [-0.05, 0) is 38.1 Å². The number of hydrogen-bond acceptors (Lipinski definition) is 6. The van der Waals surface area contributed by atoms with Gasteiger partial charge in [-0.1, -0.05) is 0 Å². The van der Waals surface area contributed by atoms with E-state index < -0.39 is 16.0 Å². The van der Waals surface area contributed by atoms with Gasteiger partial charge in [0.05, 0.1) is 17.1 Å². The maximum absolute atomic E-state index is 12.5. The van der Waals surface area contributed by atoms with Gasteiger partial charge in [0.1, 0.15) is 11.6 Å². The fourth-order valence-corrected chi connectivity index (χ4v) is 3.01. The zero-order valence-electron chi connectivity index (χ0n) is 13.8. The van der Waals surface area contributed by atoms with Crippen molar-refractivity contribution in [1.29, 1.82) is 5.26 Å². The minimum atomic E-state index is -4.26. The Labute approximate surface area is 146 Å². The molecule has 1 aliphatic heterocycles. The summed E-state index contributed by atoms with van der Waals surface area (Å²) >= 11 is 0. The second-order valence-corrected chi connectivity index (χ2v) is 7.20. The molecule has 2 atom stereocenters. The molecule has 0 bridgehead atoms. The van der Waals surface area contributed by atoms with Crippen LogP contribution in [0, 0.1) is 11.3 Å². The molecule has 8 nitrogen and oxygen atoms in total. The second kappa shape index (κ2) is 7.65. The first-order chi connectivity index (χ1) is 11.7. The van der Waals surface area contributed by atoms with Crippen molar-refractivity contribution in [2.45, 2.75) is 31.0 Å². The van der Waals surface area contributed by atoms with Crippen molar-refractivity contribution in [3.8, 4) is 6.07 Å². The predicted molar refractivity (Wildman–Crippen MR) is 90.2 cm³/mol. The summed E-state index contributed by atoms with van der Waals surface area (Å²) in [4.78, 5) is 13.8. The fourth-order valence-electron chi connectivity index (χ4n) is 2.53. The Morgan fingerprint density at radius 2 is 1.88 bits per heavy atom. The number of hydrogen-bond donors (Lipinski definition) is 2. The lowest BCUT2D eigenvalue weighted by molar-refractivity contribution is -0.138. The molecule has 2 rings (SSSR count). The average Bonchev–Trinajstić information content (AvgIpc) is 2.54. The highest BCUT2D eigenvalue weighted by molar-refractivity contribution is 7.85. The maximum Gasteiger partial charge on any atom is 0.294 e. The van der Waals surface area contributed by atoms with Gasteiger partial charge >= 0.3 is 0 Å². The van der Waals surface area contributed by atoms with E-state index in [0.29, 0.717) is 18.8 Å². The maximum atomic E-state index is 12.5. The Balaban J connectivity index is 2.10. The molecule has 1 fully saturated rings. The summed E-state index contributed by atoms with van der Waals surface area (Å²) in [5, 5.41) is 12.0. The summed E-state index contributed by atoms with van der Waals surface area (Å²) in [6.07, 6.45) is 1.07. The van der Waals surface area contributed by atoms with Crippen molar-refractivity contribution < 1.29 is 22.5 Å². The fraction of sp³-hybridized carbons (Fsp3) is 0.375. The van der Waals surface area contributed by atoms with Gasteiger partial charge in [0.15, 0.2) is 0 Å². The SMILES string of the molecule is CC1CN(C(=O)/C(C#N)=C\Nc2ccc(S(=O)(=O)O)cc2)CC(C)O1. The number of carbonyl (C=O) groups excluding carboxylic acids is 1. The number of nitriles is 1. The van der Waals surface area contributed by atoms with Crippen LogP contribution in [-0.2, 0) is 19.6 Å². The molecule has 0 spiro atoms. The largest absolute Gasteiger partial charge is 0.372 e. The van der Waals surface area contributed by atoms with Crippen LogP contribution in [0.3, 0.4) is 0 Å². The molecular weight excluding hydrogens is 346 g/mol. The van der Waals surface area contributed by atoms with Crippen molar-refractivity contribution in [2.75, 3.05) is 18.4 Å². The number of nitrogens with zero attached hydrogens (tertiary/aromatic N) is 2. The van der Waals surface area contributed by atoms with Crippen LogP contribution in [0.25, 0.3) is 0 Å². The van der Waals surface area contributed by atoms with Gasteiger partial charge in [0.25, 0.3) is 16.0 Å². The molecule has 0 aliphatic carbocycles. The van der Waals surface area contributed by atoms with Gasteiger partial charge in [0, 0.05) is 25.0 Å². The summed E-state index contributed by atoms with van der Waals surface area (Å²) in [6.45, 7) is 4.54. The van der Waals surface area contributed by atoms with Gasteiger partial charge < -0.3 is 15.0 Å². The number of benzene rings is 1. The average molecular weight is 365 g/mol. The number of rotatable bonds is 4. The lowest BCUT2D eigenvalue weighted by atomic mass is 10.2. The predicted octanol–water partition coefficient (Wildman–Crippen LogP) is 1.39. The van der Waals surface area contributed by atoms with Gasteiger partial charge in [-0.25, -0.2) is 0 Å². The van der Waals surface area contributed by atoms with Crippen LogP contribution >= 0.6 is 0 Å². The summed E-state index contributed by atoms with van der Waals surface area (Å²) < 4.78 is 36.5. The highest BCUT2D eigenvalue weighted by Crippen LogP contribution is 2.16. The van der Waals surface area contributed by atoms with E-state index in [0.717, 1.165) is 0 Å². The first-order valence-corrected chi connectivity index (χ1v) is 9.04. The van der Waals surface area contributed by atoms with E-state index in [1.54, 1.807) is 4.90 Å². The number of anilines is 1. The molecule has 25 heavy (non-hydrogen) atoms. The van der Waals surface area contributed by atoms with Crippen LogP contribution in [-0.4, -0.2) is 49.1 Å². The molecule has 0 aromatic heterocycles. The van der Waals surface area contributed by atoms with Gasteiger partial charge in [-0.15, -0.1) is 0 Å². The smallest absolute Gasteiger partial charge is 0.294 e. The van der Waals surface area contributed by atoms with Crippen LogP contribution in [0.5, 0.6) is 0 Å². The van der Waals surface area contributed by atoms with E-state index in [2.05, 4.69) is 5.32 Å². The molecule has 0 saturated carbocycles. The zero-order chi connectivity index (χ0) is 18.6. The minimum absolute atomic E-state index is 0.0693. The highest BCUT2D eigenvalue weighted by Gasteiger charge is 2.27. The molecule has 1 aliphatic rings.